The third-order valence-corrected chi connectivity index (χ3v) is 1.73. The fourth-order valence-electron chi connectivity index (χ4n) is 0.847. The second-order valence-corrected chi connectivity index (χ2v) is 2.69. The highest BCUT2D eigenvalue weighted by atomic mass is 32.1. The summed E-state index contributed by atoms with van der Waals surface area (Å²) in [6, 6.07) is 0. The predicted molar refractivity (Wildman–Crippen MR) is 47.0 cm³/mol. The second kappa shape index (κ2) is 4.74. The first-order chi connectivity index (χ1) is 5.38. The molecule has 1 aliphatic heterocycles. The van der Waals surface area contributed by atoms with Crippen molar-refractivity contribution in [1.29, 1.82) is 0 Å². The van der Waals surface area contributed by atoms with E-state index in [0.29, 0.717) is 12.7 Å². The molecule has 2 unspecified atom stereocenters. The number of hydrogen-bond donors (Lipinski definition) is 1. The maximum Gasteiger partial charge on any atom is 0.174 e. The minimum atomic E-state index is 0.125. The Hall–Kier alpha value is -0.0600. The molecule has 4 heteroatoms. The van der Waals surface area contributed by atoms with E-state index < -0.39 is 0 Å². The average molecular weight is 175 g/mol. The third kappa shape index (κ3) is 3.22. The van der Waals surface area contributed by atoms with E-state index in [0.717, 1.165) is 12.8 Å². The molecule has 0 spiro atoms. The zero-order valence-electron chi connectivity index (χ0n) is 6.56. The molecular formula is C7H13NO2S. The van der Waals surface area contributed by atoms with Crippen molar-refractivity contribution < 1.29 is 8.92 Å². The molecule has 0 aromatic rings. The van der Waals surface area contributed by atoms with Crippen LogP contribution in [-0.4, -0.2) is 25.2 Å². The first-order valence-corrected chi connectivity index (χ1v) is 4.18. The number of nitrogens with zero attached hydrogens (tertiary/aromatic N) is 1. The SMILES string of the molecule is CCC1OC1N=CCCOS. The summed E-state index contributed by atoms with van der Waals surface area (Å²) >= 11 is 3.60. The van der Waals surface area contributed by atoms with Gasteiger partial charge in [0.15, 0.2) is 6.23 Å². The second-order valence-electron chi connectivity index (χ2n) is 2.43. The fourth-order valence-corrected chi connectivity index (χ4v) is 0.952. The van der Waals surface area contributed by atoms with Gasteiger partial charge in [0.1, 0.15) is 6.10 Å². The number of ether oxygens (including phenoxy) is 1. The molecule has 0 bridgehead atoms. The molecule has 64 valence electrons. The maximum absolute atomic E-state index is 5.19. The van der Waals surface area contributed by atoms with Crippen molar-refractivity contribution in [2.24, 2.45) is 4.99 Å². The van der Waals surface area contributed by atoms with Crippen LogP contribution in [0.1, 0.15) is 19.8 Å². The van der Waals surface area contributed by atoms with Crippen molar-refractivity contribution in [3.8, 4) is 0 Å². The van der Waals surface area contributed by atoms with Crippen molar-refractivity contribution in [1.82, 2.24) is 0 Å². The molecule has 1 fully saturated rings. The van der Waals surface area contributed by atoms with Gasteiger partial charge in [-0.1, -0.05) is 6.92 Å². The lowest BCUT2D eigenvalue weighted by Gasteiger charge is -1.87. The first-order valence-electron chi connectivity index (χ1n) is 3.82. The van der Waals surface area contributed by atoms with Crippen molar-refractivity contribution in [2.45, 2.75) is 32.1 Å². The molecule has 0 N–H and O–H groups in total. The van der Waals surface area contributed by atoms with Gasteiger partial charge in [-0.2, -0.15) is 0 Å². The zero-order valence-corrected chi connectivity index (χ0v) is 7.46. The molecule has 0 aromatic carbocycles. The number of aliphatic imine (C=N–C) groups is 1. The minimum Gasteiger partial charge on any atom is -0.346 e. The van der Waals surface area contributed by atoms with Gasteiger partial charge in [0, 0.05) is 12.6 Å². The van der Waals surface area contributed by atoms with Crippen LogP contribution >= 0.6 is 12.9 Å². The quantitative estimate of drug-likeness (QED) is 0.225. The summed E-state index contributed by atoms with van der Waals surface area (Å²) in [4.78, 5) is 4.16. The van der Waals surface area contributed by atoms with Crippen molar-refractivity contribution >= 4 is 19.1 Å². The molecule has 1 aliphatic rings. The van der Waals surface area contributed by atoms with Crippen molar-refractivity contribution in [2.75, 3.05) is 6.61 Å². The number of hydrogen-bond acceptors (Lipinski definition) is 4. The van der Waals surface area contributed by atoms with Gasteiger partial charge in [0.25, 0.3) is 0 Å². The minimum absolute atomic E-state index is 0.125. The van der Waals surface area contributed by atoms with Gasteiger partial charge in [-0.25, -0.2) is 0 Å². The highest BCUT2D eigenvalue weighted by molar-refractivity contribution is 7.75. The molecule has 0 radical (unpaired) electrons. The van der Waals surface area contributed by atoms with E-state index in [1.807, 2.05) is 6.21 Å². The highest BCUT2D eigenvalue weighted by Gasteiger charge is 2.35. The first kappa shape index (κ1) is 9.03. The molecule has 0 aromatic heterocycles. The third-order valence-electron chi connectivity index (χ3n) is 1.55. The Morgan fingerprint density at radius 3 is 3.09 bits per heavy atom. The summed E-state index contributed by atoms with van der Waals surface area (Å²) < 4.78 is 9.75. The van der Waals surface area contributed by atoms with Crippen molar-refractivity contribution in [3.05, 3.63) is 0 Å². The van der Waals surface area contributed by atoms with Gasteiger partial charge in [-0.05, 0) is 19.3 Å². The Labute approximate surface area is 72.4 Å². The van der Waals surface area contributed by atoms with E-state index >= 15 is 0 Å². The highest BCUT2D eigenvalue weighted by Crippen LogP contribution is 2.25. The molecule has 3 nitrogen and oxygen atoms in total. The molecule has 0 amide bonds. The van der Waals surface area contributed by atoms with E-state index in [1.165, 1.54) is 0 Å². The Bertz CT molecular complexity index is 140. The zero-order chi connectivity index (χ0) is 8.10. The van der Waals surface area contributed by atoms with Crippen LogP contribution in [0.15, 0.2) is 4.99 Å². The van der Waals surface area contributed by atoms with Gasteiger partial charge < -0.3 is 8.92 Å². The van der Waals surface area contributed by atoms with Crippen LogP contribution in [0, 0.1) is 0 Å². The summed E-state index contributed by atoms with van der Waals surface area (Å²) in [7, 11) is 0. The van der Waals surface area contributed by atoms with Crippen LogP contribution in [0.2, 0.25) is 0 Å². The molecule has 0 saturated carbocycles. The lowest BCUT2D eigenvalue weighted by molar-refractivity contribution is 0.370. The monoisotopic (exact) mass is 175 g/mol. The Kier molecular flexibility index (Phi) is 3.90. The van der Waals surface area contributed by atoms with Crippen LogP contribution in [0.3, 0.4) is 0 Å². The van der Waals surface area contributed by atoms with Gasteiger partial charge in [-0.15, -0.1) is 0 Å². The number of rotatable bonds is 5. The largest absolute Gasteiger partial charge is 0.346 e. The van der Waals surface area contributed by atoms with E-state index in [4.69, 9.17) is 4.74 Å². The standard InChI is InChI=1S/C7H13NO2S/c1-2-6-7(10-6)8-4-3-5-9-11/h4,6-7,11H,2-3,5H2,1H3. The molecule has 11 heavy (non-hydrogen) atoms. The van der Waals surface area contributed by atoms with Gasteiger partial charge in [0.05, 0.1) is 6.61 Å². The van der Waals surface area contributed by atoms with Crippen LogP contribution < -0.4 is 0 Å². The smallest absolute Gasteiger partial charge is 0.174 e. The average Bonchev–Trinajstić information content (AvgIpc) is 2.77. The van der Waals surface area contributed by atoms with Crippen LogP contribution in [0.25, 0.3) is 0 Å². The fraction of sp³-hybridized carbons (Fsp3) is 0.857. The summed E-state index contributed by atoms with van der Waals surface area (Å²) in [5, 5.41) is 0. The predicted octanol–water partition coefficient (Wildman–Crippen LogP) is 1.44. The van der Waals surface area contributed by atoms with Gasteiger partial charge in [0.2, 0.25) is 0 Å². The van der Waals surface area contributed by atoms with E-state index in [-0.39, 0.29) is 6.23 Å². The number of epoxide rings is 1. The van der Waals surface area contributed by atoms with Gasteiger partial charge in [-0.3, -0.25) is 4.99 Å². The van der Waals surface area contributed by atoms with E-state index in [1.54, 1.807) is 0 Å². The lowest BCUT2D eigenvalue weighted by Crippen LogP contribution is -1.90. The van der Waals surface area contributed by atoms with Crippen LogP contribution in [0.5, 0.6) is 0 Å². The maximum atomic E-state index is 5.19. The molecule has 1 heterocycles. The Balaban J connectivity index is 1.98. The van der Waals surface area contributed by atoms with Crippen LogP contribution in [-0.2, 0) is 8.92 Å². The molecule has 1 saturated heterocycles. The van der Waals surface area contributed by atoms with Crippen LogP contribution in [0.4, 0.5) is 0 Å². The lowest BCUT2D eigenvalue weighted by atomic mass is 10.3. The van der Waals surface area contributed by atoms with Crippen molar-refractivity contribution in [3.63, 3.8) is 0 Å². The van der Waals surface area contributed by atoms with E-state index in [2.05, 4.69) is 29.0 Å². The number of thiol groups is 1. The van der Waals surface area contributed by atoms with E-state index in [9.17, 15) is 0 Å². The Morgan fingerprint density at radius 2 is 2.55 bits per heavy atom. The molecule has 2 atom stereocenters. The summed E-state index contributed by atoms with van der Waals surface area (Å²) in [5.41, 5.74) is 0. The topological polar surface area (TPSA) is 34.1 Å². The molecule has 1 rings (SSSR count). The summed E-state index contributed by atoms with van der Waals surface area (Å²) in [5.74, 6) is 0. The Morgan fingerprint density at radius 1 is 1.73 bits per heavy atom. The molecule has 0 aliphatic carbocycles. The van der Waals surface area contributed by atoms with Gasteiger partial charge >= 0.3 is 0 Å². The normalized spacial score (nSPS) is 29.6. The summed E-state index contributed by atoms with van der Waals surface area (Å²) in [6.07, 6.45) is 4.17. The molecular weight excluding hydrogens is 162 g/mol. The summed E-state index contributed by atoms with van der Waals surface area (Å²) in [6.45, 7) is 2.70.